The molecule has 0 spiro atoms. The maximum atomic E-state index is 12.3. The highest BCUT2D eigenvalue weighted by molar-refractivity contribution is 9.11. The zero-order valence-electron chi connectivity index (χ0n) is 9.95. The number of nitriles is 1. The molecule has 0 radical (unpaired) electrons. The highest BCUT2D eigenvalue weighted by atomic mass is 79.9. The Bertz CT molecular complexity index is 723. The number of carbonyl (C=O) groups excluding carboxylic acids is 1. The van der Waals surface area contributed by atoms with Gasteiger partial charge in [0, 0.05) is 13.4 Å². The van der Waals surface area contributed by atoms with Crippen molar-refractivity contribution in [2.75, 3.05) is 5.32 Å². The lowest BCUT2D eigenvalue weighted by Crippen LogP contribution is -2.13. The van der Waals surface area contributed by atoms with Crippen molar-refractivity contribution in [3.8, 4) is 6.07 Å². The maximum Gasteiger partial charge on any atom is 0.256 e. The van der Waals surface area contributed by atoms with Crippen LogP contribution in [0.2, 0.25) is 0 Å². The van der Waals surface area contributed by atoms with E-state index in [1.165, 1.54) is 0 Å². The highest BCUT2D eigenvalue weighted by Crippen LogP contribution is 2.25. The first-order valence-electron chi connectivity index (χ1n) is 5.47. The molecule has 0 fully saturated rings. The molecule has 2 rings (SSSR count). The standard InChI is InChI=1S/C14H7Br3N2O/c15-9-3-4-12(17)11(5-9)14(20)19-13-6-10(16)2-1-8(13)7-18/h1-6H,(H,19,20). The molecule has 0 aliphatic carbocycles. The van der Waals surface area contributed by atoms with Crippen molar-refractivity contribution in [2.45, 2.75) is 0 Å². The Morgan fingerprint density at radius 3 is 2.40 bits per heavy atom. The molecule has 0 bridgehead atoms. The van der Waals surface area contributed by atoms with E-state index in [0.717, 1.165) is 8.95 Å². The number of anilines is 1. The Labute approximate surface area is 141 Å². The van der Waals surface area contributed by atoms with Crippen LogP contribution >= 0.6 is 47.8 Å². The van der Waals surface area contributed by atoms with E-state index in [4.69, 9.17) is 5.26 Å². The lowest BCUT2D eigenvalue weighted by atomic mass is 10.1. The topological polar surface area (TPSA) is 52.9 Å². The summed E-state index contributed by atoms with van der Waals surface area (Å²) in [5.74, 6) is -0.284. The molecule has 0 saturated heterocycles. The third-order valence-electron chi connectivity index (χ3n) is 2.52. The molecule has 100 valence electrons. The first-order valence-corrected chi connectivity index (χ1v) is 7.85. The van der Waals surface area contributed by atoms with Gasteiger partial charge in [0.05, 0.1) is 16.8 Å². The molecular formula is C14H7Br3N2O. The molecule has 0 unspecified atom stereocenters. The van der Waals surface area contributed by atoms with Crippen molar-refractivity contribution in [3.05, 3.63) is 60.9 Å². The minimum Gasteiger partial charge on any atom is -0.321 e. The van der Waals surface area contributed by atoms with E-state index in [-0.39, 0.29) is 5.91 Å². The number of amides is 1. The van der Waals surface area contributed by atoms with Gasteiger partial charge in [-0.15, -0.1) is 0 Å². The average molecular weight is 459 g/mol. The van der Waals surface area contributed by atoms with E-state index in [0.29, 0.717) is 21.3 Å². The second kappa shape index (κ2) is 6.53. The molecule has 2 aromatic rings. The molecular weight excluding hydrogens is 452 g/mol. The smallest absolute Gasteiger partial charge is 0.256 e. The Kier molecular flexibility index (Phi) is 4.97. The number of benzene rings is 2. The molecule has 0 aromatic heterocycles. The van der Waals surface area contributed by atoms with E-state index in [2.05, 4.69) is 53.1 Å². The van der Waals surface area contributed by atoms with Crippen molar-refractivity contribution in [1.29, 1.82) is 5.26 Å². The number of hydrogen-bond acceptors (Lipinski definition) is 2. The van der Waals surface area contributed by atoms with Crippen LogP contribution in [0.15, 0.2) is 49.8 Å². The van der Waals surface area contributed by atoms with Crippen LogP contribution in [0, 0.1) is 11.3 Å². The van der Waals surface area contributed by atoms with E-state index >= 15 is 0 Å². The normalized spacial score (nSPS) is 9.90. The van der Waals surface area contributed by atoms with Gasteiger partial charge in [0.15, 0.2) is 0 Å². The van der Waals surface area contributed by atoms with Crippen LogP contribution in [-0.4, -0.2) is 5.91 Å². The molecule has 6 heteroatoms. The Hall–Kier alpha value is -1.16. The van der Waals surface area contributed by atoms with Crippen LogP contribution in [0.1, 0.15) is 15.9 Å². The minimum atomic E-state index is -0.284. The zero-order chi connectivity index (χ0) is 14.7. The van der Waals surface area contributed by atoms with Crippen LogP contribution < -0.4 is 5.32 Å². The van der Waals surface area contributed by atoms with Crippen LogP contribution in [0.25, 0.3) is 0 Å². The van der Waals surface area contributed by atoms with Crippen LogP contribution in [0.5, 0.6) is 0 Å². The fraction of sp³-hybridized carbons (Fsp3) is 0. The Balaban J connectivity index is 2.35. The van der Waals surface area contributed by atoms with Crippen molar-refractivity contribution in [3.63, 3.8) is 0 Å². The SMILES string of the molecule is N#Cc1ccc(Br)cc1NC(=O)c1cc(Br)ccc1Br. The lowest BCUT2D eigenvalue weighted by Gasteiger charge is -2.09. The average Bonchev–Trinajstić information content (AvgIpc) is 2.41. The summed E-state index contributed by atoms with van der Waals surface area (Å²) in [6.07, 6.45) is 0. The summed E-state index contributed by atoms with van der Waals surface area (Å²) in [4.78, 5) is 12.3. The second-order valence-corrected chi connectivity index (χ2v) is 6.57. The Morgan fingerprint density at radius 1 is 1.05 bits per heavy atom. The van der Waals surface area contributed by atoms with Gasteiger partial charge in [0.2, 0.25) is 0 Å². The first-order chi connectivity index (χ1) is 9.51. The molecule has 1 amide bonds. The number of halogens is 3. The van der Waals surface area contributed by atoms with Crippen molar-refractivity contribution in [2.24, 2.45) is 0 Å². The lowest BCUT2D eigenvalue weighted by molar-refractivity contribution is 0.102. The fourth-order valence-electron chi connectivity index (χ4n) is 1.58. The summed E-state index contributed by atoms with van der Waals surface area (Å²) in [5.41, 5.74) is 1.37. The summed E-state index contributed by atoms with van der Waals surface area (Å²) in [7, 11) is 0. The van der Waals surface area contributed by atoms with Gasteiger partial charge in [-0.2, -0.15) is 5.26 Å². The van der Waals surface area contributed by atoms with Crippen LogP contribution in [0.3, 0.4) is 0 Å². The maximum absolute atomic E-state index is 12.3. The van der Waals surface area contributed by atoms with Gasteiger partial charge in [0.25, 0.3) is 5.91 Å². The molecule has 0 heterocycles. The van der Waals surface area contributed by atoms with Gasteiger partial charge in [-0.05, 0) is 52.3 Å². The summed E-state index contributed by atoms with van der Waals surface area (Å²) in [6, 6.07) is 12.5. The predicted octanol–water partition coefficient (Wildman–Crippen LogP) is 5.10. The van der Waals surface area contributed by atoms with Gasteiger partial charge in [-0.3, -0.25) is 4.79 Å². The van der Waals surface area contributed by atoms with Crippen molar-refractivity contribution < 1.29 is 4.79 Å². The van der Waals surface area contributed by atoms with Gasteiger partial charge >= 0.3 is 0 Å². The third kappa shape index (κ3) is 3.48. The summed E-state index contributed by atoms with van der Waals surface area (Å²) >= 11 is 9.99. The molecule has 0 saturated carbocycles. The molecule has 0 aliphatic rings. The molecule has 20 heavy (non-hydrogen) atoms. The van der Waals surface area contributed by atoms with E-state index in [1.807, 2.05) is 12.1 Å². The van der Waals surface area contributed by atoms with Crippen molar-refractivity contribution in [1.82, 2.24) is 0 Å². The monoisotopic (exact) mass is 456 g/mol. The molecule has 3 nitrogen and oxygen atoms in total. The predicted molar refractivity (Wildman–Crippen MR) is 88.7 cm³/mol. The number of carbonyl (C=O) groups is 1. The van der Waals surface area contributed by atoms with Crippen molar-refractivity contribution >= 4 is 59.4 Å². The van der Waals surface area contributed by atoms with E-state index < -0.39 is 0 Å². The number of nitrogens with zero attached hydrogens (tertiary/aromatic N) is 1. The minimum absolute atomic E-state index is 0.284. The van der Waals surface area contributed by atoms with E-state index in [9.17, 15) is 4.79 Å². The largest absolute Gasteiger partial charge is 0.321 e. The number of nitrogens with one attached hydrogen (secondary N) is 1. The third-order valence-corrected chi connectivity index (χ3v) is 4.20. The zero-order valence-corrected chi connectivity index (χ0v) is 14.7. The number of hydrogen-bond donors (Lipinski definition) is 1. The molecule has 0 aliphatic heterocycles. The van der Waals surface area contributed by atoms with Gasteiger partial charge in [0.1, 0.15) is 6.07 Å². The first kappa shape index (κ1) is 15.2. The molecule has 2 aromatic carbocycles. The van der Waals surface area contributed by atoms with Gasteiger partial charge < -0.3 is 5.32 Å². The number of rotatable bonds is 2. The van der Waals surface area contributed by atoms with E-state index in [1.54, 1.807) is 30.3 Å². The quantitative estimate of drug-likeness (QED) is 0.680. The second-order valence-electron chi connectivity index (χ2n) is 3.88. The molecule has 1 N–H and O–H groups in total. The van der Waals surface area contributed by atoms with Crippen LogP contribution in [0.4, 0.5) is 5.69 Å². The highest BCUT2D eigenvalue weighted by Gasteiger charge is 2.13. The van der Waals surface area contributed by atoms with Crippen LogP contribution in [-0.2, 0) is 0 Å². The molecule has 0 atom stereocenters. The Morgan fingerprint density at radius 2 is 1.70 bits per heavy atom. The summed E-state index contributed by atoms with van der Waals surface area (Å²) in [5, 5.41) is 11.8. The van der Waals surface area contributed by atoms with Gasteiger partial charge in [-0.25, -0.2) is 0 Å². The summed E-state index contributed by atoms with van der Waals surface area (Å²) in [6.45, 7) is 0. The van der Waals surface area contributed by atoms with Gasteiger partial charge in [-0.1, -0.05) is 31.9 Å². The summed E-state index contributed by atoms with van der Waals surface area (Å²) < 4.78 is 2.28. The fourth-order valence-corrected chi connectivity index (χ4v) is 2.73.